The lowest BCUT2D eigenvalue weighted by molar-refractivity contribution is -0.153. The van der Waals surface area contributed by atoms with Gasteiger partial charge in [0.1, 0.15) is 23.0 Å². The van der Waals surface area contributed by atoms with E-state index in [-0.39, 0.29) is 46.2 Å². The third-order valence-corrected chi connectivity index (χ3v) is 15.5. The van der Waals surface area contributed by atoms with Crippen molar-refractivity contribution in [3.8, 4) is 11.5 Å². The quantitative estimate of drug-likeness (QED) is 0.0117. The van der Waals surface area contributed by atoms with E-state index < -0.39 is 35.3 Å². The van der Waals surface area contributed by atoms with Crippen LogP contribution in [-0.4, -0.2) is 126 Å². The zero-order chi connectivity index (χ0) is 66.2. The van der Waals surface area contributed by atoms with Crippen LogP contribution in [0, 0.1) is 41.5 Å². The van der Waals surface area contributed by atoms with Crippen molar-refractivity contribution in [1.82, 2.24) is 50.1 Å². The first-order chi connectivity index (χ1) is 43.3. The number of aryl methyl sites for hydroxylation is 7. The van der Waals surface area contributed by atoms with Crippen molar-refractivity contribution in [2.75, 3.05) is 55.9 Å². The lowest BCUT2D eigenvalue weighted by Crippen LogP contribution is -2.44. The molecule has 484 valence electrons. The Hall–Kier alpha value is -9.57. The molecule has 3 aromatic carbocycles. The van der Waals surface area contributed by atoms with Gasteiger partial charge in [-0.05, 0) is 170 Å². The Bertz CT molecular complexity index is 4300. The number of hydrogen-bond donors (Lipinski definition) is 9. The Morgan fingerprint density at radius 2 is 1.08 bits per heavy atom. The second-order valence-electron chi connectivity index (χ2n) is 22.7. The number of nitrogens with two attached hydrogens (primary N) is 2. The summed E-state index contributed by atoms with van der Waals surface area (Å²) in [7, 11) is 0. The van der Waals surface area contributed by atoms with Crippen LogP contribution in [0.2, 0.25) is 0 Å². The first-order valence-electron chi connectivity index (χ1n) is 30.2. The number of esters is 1. The average Bonchev–Trinajstić information content (AvgIpc) is 0.840. The van der Waals surface area contributed by atoms with E-state index in [0.717, 1.165) is 100 Å². The second-order valence-corrected chi connectivity index (χ2v) is 22.7. The van der Waals surface area contributed by atoms with Gasteiger partial charge >= 0.3 is 23.6 Å². The summed E-state index contributed by atoms with van der Waals surface area (Å²) in [4.78, 5) is 120. The fourth-order valence-corrected chi connectivity index (χ4v) is 10.1. The van der Waals surface area contributed by atoms with Gasteiger partial charge in [0.15, 0.2) is 33.9 Å². The van der Waals surface area contributed by atoms with Crippen molar-refractivity contribution in [2.24, 2.45) is 21.5 Å². The van der Waals surface area contributed by atoms with Gasteiger partial charge in [0.05, 0.1) is 39.5 Å². The van der Waals surface area contributed by atoms with Gasteiger partial charge in [-0.25, -0.2) is 29.7 Å². The number of carboxylic acids is 2. The van der Waals surface area contributed by atoms with Crippen LogP contribution in [0.25, 0.3) is 35.7 Å². The molecular formula is C64H82N16O11. The number of carboxylic acid groups (broad SMARTS) is 2. The standard InChI is InChI=1S/C23H28N4O5.C21H28N6O3.C20H26N6O3/c1-14(2)31-13-32-19(28)9-7-5-6-8-10-27-18-12-16(4)15(3)11-17(18)24-20-21(27)25-23(30)26-22(20)29;1-12-10-16-17(11-13(12)2)27(19-18(26-16)20(28)25-14(3)24-19)9-8-23-7-5-4-6-15(22)21(29)30;1-11-9-15-16(10-12(11)2)26(8-7-22-6-4-5-14(21)20(28)29)18-17(25-15)19(27)24-13(3)23-18/h11-12H,1,5-10,13H2,2-4H3,(H,26,29,30);10-11,15,23H,3-9,22H2,1-2H3,(H,25,28)(H,29,30);9-10,14,22H,3-8,21H2,1-2H3,(H,24,27)(H,28,29)/t;15-;14-/m.10/s1. The molecule has 0 bridgehead atoms. The van der Waals surface area contributed by atoms with Crippen molar-refractivity contribution in [3.63, 3.8) is 0 Å². The van der Waals surface area contributed by atoms with E-state index in [0.29, 0.717) is 105 Å². The molecule has 5 aromatic rings. The summed E-state index contributed by atoms with van der Waals surface area (Å²) in [5.74, 6) is -0.468. The fraction of sp³-hybridized carbons (Fsp3) is 0.422. The summed E-state index contributed by atoms with van der Waals surface area (Å²) in [5.41, 5.74) is 21.4. The molecule has 0 amide bonds. The number of unbranched alkanes of at least 4 members (excludes halogenated alkanes) is 4. The third kappa shape index (κ3) is 18.3. The van der Waals surface area contributed by atoms with Gasteiger partial charge in [0, 0.05) is 39.1 Å². The molecule has 0 saturated heterocycles. The maximum Gasteiger partial charge on any atom is 0.349 e. The molecule has 0 saturated carbocycles. The second kappa shape index (κ2) is 31.7. The summed E-state index contributed by atoms with van der Waals surface area (Å²) in [5, 5.41) is 24.9. The van der Waals surface area contributed by atoms with Gasteiger partial charge in [0.2, 0.25) is 6.79 Å². The molecule has 0 unspecified atom stereocenters. The smallest absolute Gasteiger partial charge is 0.349 e. The zero-order valence-corrected chi connectivity index (χ0v) is 52.7. The van der Waals surface area contributed by atoms with Gasteiger partial charge in [-0.1, -0.05) is 39.0 Å². The highest BCUT2D eigenvalue weighted by Crippen LogP contribution is 2.38. The number of allylic oxidation sites excluding steroid dienone is 1. The summed E-state index contributed by atoms with van der Waals surface area (Å²) in [6.45, 7) is 29.2. The number of aromatic nitrogens is 8. The van der Waals surface area contributed by atoms with Crippen LogP contribution in [-0.2, 0) is 30.4 Å². The number of aromatic amines is 3. The number of ether oxygens (including phenoxy) is 2. The normalized spacial score (nSPS) is 12.6. The predicted octanol–water partition coefficient (Wildman–Crippen LogP) is 3.56. The molecule has 4 aliphatic heterocycles. The molecule has 0 fully saturated rings. The van der Waals surface area contributed by atoms with Gasteiger partial charge in [0.25, 0.3) is 16.7 Å². The molecule has 0 aliphatic carbocycles. The van der Waals surface area contributed by atoms with Crippen LogP contribution < -0.4 is 75.9 Å². The largest absolute Gasteiger partial charge is 0.480 e. The zero-order valence-electron chi connectivity index (χ0n) is 52.7. The number of rotatable bonds is 27. The highest BCUT2D eigenvalue weighted by Gasteiger charge is 2.26. The van der Waals surface area contributed by atoms with E-state index in [4.69, 9.17) is 31.2 Å². The highest BCUT2D eigenvalue weighted by molar-refractivity contribution is 5.82. The lowest BCUT2D eigenvalue weighted by atomic mass is 10.1. The summed E-state index contributed by atoms with van der Waals surface area (Å²) >= 11 is 0. The molecule has 27 nitrogen and oxygen atoms in total. The number of aliphatic carboxylic acids is 2. The number of nitrogens with zero attached hydrogens (tertiary/aromatic N) is 9. The van der Waals surface area contributed by atoms with E-state index in [1.54, 1.807) is 6.92 Å². The molecule has 11 N–H and O–H groups in total. The maximum atomic E-state index is 12.4. The van der Waals surface area contributed by atoms with E-state index in [2.05, 4.69) is 87.4 Å². The van der Waals surface area contributed by atoms with Crippen LogP contribution in [0.5, 0.6) is 0 Å². The molecule has 6 heterocycles. The Labute approximate surface area is 524 Å². The Morgan fingerprint density at radius 3 is 1.62 bits per heavy atom. The van der Waals surface area contributed by atoms with Crippen molar-refractivity contribution in [1.29, 1.82) is 0 Å². The Balaban J connectivity index is 0.000000194. The van der Waals surface area contributed by atoms with Crippen LogP contribution >= 0.6 is 0 Å². The third-order valence-electron chi connectivity index (χ3n) is 15.5. The summed E-state index contributed by atoms with van der Waals surface area (Å²) < 4.78 is 11.9. The molecule has 0 spiro atoms. The molecule has 9 rings (SSSR count). The number of anilines is 4. The fourth-order valence-electron chi connectivity index (χ4n) is 10.1. The predicted molar refractivity (Wildman–Crippen MR) is 348 cm³/mol. The molecule has 27 heteroatoms. The van der Waals surface area contributed by atoms with Gasteiger partial charge in [-0.15, -0.1) is 0 Å². The van der Waals surface area contributed by atoms with Gasteiger partial charge in [-0.2, -0.15) is 4.98 Å². The van der Waals surface area contributed by atoms with E-state index in [1.165, 1.54) is 0 Å². The molecular weight excluding hydrogens is 1170 g/mol. The van der Waals surface area contributed by atoms with Crippen LogP contribution in [0.15, 0.2) is 77.9 Å². The van der Waals surface area contributed by atoms with Crippen LogP contribution in [0.3, 0.4) is 0 Å². The topological polar surface area (TPSA) is 390 Å². The van der Waals surface area contributed by atoms with E-state index in [1.807, 2.05) is 80.2 Å². The molecule has 91 heavy (non-hydrogen) atoms. The van der Waals surface area contributed by atoms with Crippen molar-refractivity contribution in [2.45, 2.75) is 131 Å². The maximum absolute atomic E-state index is 12.4. The molecule has 2 atom stereocenters. The number of fused-ring (bicyclic) bond motifs is 6. The van der Waals surface area contributed by atoms with Gasteiger partial charge in [-0.3, -0.25) is 33.8 Å². The first-order valence-corrected chi connectivity index (χ1v) is 30.2. The SMILES string of the molecule is C=C(C)OCOC(=O)CCCCCCn1c2nc(=O)[nH]c(=O)c-2nc2cc(C)c(C)cc21.C=c1nc2c(c(=O)[nH]1)=Nc1cc(C)c(C)cc1N2CCNCCCC[C@@H](N)C(=O)O.C=c1nc2c(c(=O)[nH]1)=Nc1cc(C)c(C)cc1N2CCNCCC[C@H](N)C(=O)O. The number of H-pyrrole nitrogens is 3. The summed E-state index contributed by atoms with van der Waals surface area (Å²) in [6, 6.07) is 10.4. The molecule has 4 aliphatic rings. The van der Waals surface area contributed by atoms with Crippen molar-refractivity contribution < 1.29 is 34.1 Å². The number of benzene rings is 3. The van der Waals surface area contributed by atoms with Crippen molar-refractivity contribution in [3.05, 3.63) is 145 Å². The average molecular weight is 1250 g/mol. The highest BCUT2D eigenvalue weighted by atomic mass is 16.7. The summed E-state index contributed by atoms with van der Waals surface area (Å²) in [6.07, 6.45) is 6.65. The molecule has 2 aromatic heterocycles. The van der Waals surface area contributed by atoms with E-state index >= 15 is 0 Å². The van der Waals surface area contributed by atoms with Crippen LogP contribution in [0.4, 0.5) is 34.4 Å². The minimum Gasteiger partial charge on any atom is -0.480 e. The Kier molecular flexibility index (Phi) is 24.0. The Morgan fingerprint density at radius 1 is 0.582 bits per heavy atom. The van der Waals surface area contributed by atoms with Crippen LogP contribution in [0.1, 0.15) is 105 Å². The minimum atomic E-state index is -0.985. The van der Waals surface area contributed by atoms with Gasteiger partial charge < -0.3 is 66.1 Å². The minimum absolute atomic E-state index is 0.111. The lowest BCUT2D eigenvalue weighted by Gasteiger charge is -2.28. The number of hydrogen-bond acceptors (Lipinski definition) is 21. The first kappa shape index (κ1) is 68.9. The molecule has 0 radical (unpaired) electrons. The van der Waals surface area contributed by atoms with Crippen molar-refractivity contribution >= 4 is 76.5 Å². The van der Waals surface area contributed by atoms with E-state index in [9.17, 15) is 33.6 Å². The number of carbonyl (C=O) groups excluding carboxylic acids is 1. The number of nitrogens with one attached hydrogen (secondary N) is 5. The number of carbonyl (C=O) groups is 3. The monoisotopic (exact) mass is 1250 g/mol.